The SMILES string of the molecule is CC(=O)N[C@H](Cc1ccccc1F)C(=O)N[C@H](CCC(=O)O)C(N)=O. The molecular formula is C16H20FN3O5. The summed E-state index contributed by atoms with van der Waals surface area (Å²) in [7, 11) is 0. The zero-order chi connectivity index (χ0) is 19.0. The van der Waals surface area contributed by atoms with Crippen molar-refractivity contribution in [3.63, 3.8) is 0 Å². The summed E-state index contributed by atoms with van der Waals surface area (Å²) in [6, 6.07) is 3.41. The molecule has 0 aliphatic heterocycles. The maximum atomic E-state index is 13.8. The number of amides is 3. The number of hydrogen-bond acceptors (Lipinski definition) is 4. The highest BCUT2D eigenvalue weighted by Gasteiger charge is 2.26. The van der Waals surface area contributed by atoms with Crippen LogP contribution in [0.5, 0.6) is 0 Å². The van der Waals surface area contributed by atoms with Gasteiger partial charge in [-0.25, -0.2) is 4.39 Å². The maximum Gasteiger partial charge on any atom is 0.303 e. The molecular weight excluding hydrogens is 333 g/mol. The zero-order valence-corrected chi connectivity index (χ0v) is 13.6. The van der Waals surface area contributed by atoms with E-state index in [0.717, 1.165) is 0 Å². The minimum Gasteiger partial charge on any atom is -0.481 e. The first-order valence-electron chi connectivity index (χ1n) is 7.52. The van der Waals surface area contributed by atoms with E-state index < -0.39 is 41.6 Å². The fraction of sp³-hybridized carbons (Fsp3) is 0.375. The third kappa shape index (κ3) is 6.98. The molecule has 0 fully saturated rings. The molecule has 0 spiro atoms. The number of primary amides is 1. The van der Waals surface area contributed by atoms with Gasteiger partial charge in [-0.05, 0) is 18.1 Å². The van der Waals surface area contributed by atoms with Crippen molar-refractivity contribution in [2.75, 3.05) is 0 Å². The average Bonchev–Trinajstić information content (AvgIpc) is 2.51. The number of carbonyl (C=O) groups excluding carboxylic acids is 3. The lowest BCUT2D eigenvalue weighted by molar-refractivity contribution is -0.137. The van der Waals surface area contributed by atoms with E-state index >= 15 is 0 Å². The van der Waals surface area contributed by atoms with Crippen LogP contribution in [0.4, 0.5) is 4.39 Å². The van der Waals surface area contributed by atoms with Gasteiger partial charge < -0.3 is 21.5 Å². The van der Waals surface area contributed by atoms with Gasteiger partial charge in [0, 0.05) is 19.8 Å². The van der Waals surface area contributed by atoms with Crippen molar-refractivity contribution in [1.82, 2.24) is 10.6 Å². The van der Waals surface area contributed by atoms with E-state index in [1.54, 1.807) is 6.07 Å². The topological polar surface area (TPSA) is 139 Å². The quantitative estimate of drug-likeness (QED) is 0.483. The second-order valence-corrected chi connectivity index (χ2v) is 5.44. The minimum atomic E-state index is -1.21. The molecule has 0 radical (unpaired) electrons. The van der Waals surface area contributed by atoms with Crippen LogP contribution in [0, 0.1) is 5.82 Å². The molecule has 0 bridgehead atoms. The first kappa shape index (κ1) is 20.1. The van der Waals surface area contributed by atoms with Crippen LogP contribution in [0.15, 0.2) is 24.3 Å². The number of carboxylic acid groups (broad SMARTS) is 1. The Morgan fingerprint density at radius 3 is 2.32 bits per heavy atom. The Labute approximate surface area is 143 Å². The monoisotopic (exact) mass is 353 g/mol. The van der Waals surface area contributed by atoms with Crippen LogP contribution in [0.3, 0.4) is 0 Å². The normalized spacial score (nSPS) is 12.7. The molecule has 5 N–H and O–H groups in total. The van der Waals surface area contributed by atoms with Gasteiger partial charge in [-0.2, -0.15) is 0 Å². The minimum absolute atomic E-state index is 0.136. The van der Waals surface area contributed by atoms with Crippen LogP contribution in [0.1, 0.15) is 25.3 Å². The molecule has 136 valence electrons. The van der Waals surface area contributed by atoms with Gasteiger partial charge in [-0.15, -0.1) is 0 Å². The van der Waals surface area contributed by atoms with E-state index in [-0.39, 0.29) is 24.8 Å². The molecule has 3 amide bonds. The Balaban J connectivity index is 2.87. The lowest BCUT2D eigenvalue weighted by Crippen LogP contribution is -2.53. The highest BCUT2D eigenvalue weighted by Crippen LogP contribution is 2.10. The second-order valence-electron chi connectivity index (χ2n) is 5.44. The zero-order valence-electron chi connectivity index (χ0n) is 13.6. The number of hydrogen-bond donors (Lipinski definition) is 4. The Bertz CT molecular complexity index is 665. The van der Waals surface area contributed by atoms with E-state index in [0.29, 0.717) is 0 Å². The van der Waals surface area contributed by atoms with Crippen LogP contribution >= 0.6 is 0 Å². The predicted molar refractivity (Wildman–Crippen MR) is 85.7 cm³/mol. The molecule has 0 aromatic heterocycles. The van der Waals surface area contributed by atoms with Crippen LogP contribution in [-0.2, 0) is 25.6 Å². The standard InChI is InChI=1S/C16H20FN3O5/c1-9(21)19-13(8-10-4-2-3-5-11(10)17)16(25)20-12(15(18)24)6-7-14(22)23/h2-5,12-13H,6-8H2,1H3,(H2,18,24)(H,19,21)(H,20,25)(H,22,23)/t12-,13-/m1/s1. The fourth-order valence-electron chi connectivity index (χ4n) is 2.16. The highest BCUT2D eigenvalue weighted by molar-refractivity contribution is 5.91. The lowest BCUT2D eigenvalue weighted by Gasteiger charge is -2.21. The number of carboxylic acids is 1. The van der Waals surface area contributed by atoms with Crippen molar-refractivity contribution in [1.29, 1.82) is 0 Å². The van der Waals surface area contributed by atoms with Crippen molar-refractivity contribution in [2.45, 2.75) is 38.3 Å². The average molecular weight is 353 g/mol. The van der Waals surface area contributed by atoms with Gasteiger partial charge in [0.15, 0.2) is 0 Å². The van der Waals surface area contributed by atoms with Gasteiger partial charge in [0.2, 0.25) is 17.7 Å². The molecule has 0 saturated carbocycles. The number of benzene rings is 1. The Morgan fingerprint density at radius 1 is 1.16 bits per heavy atom. The molecule has 25 heavy (non-hydrogen) atoms. The third-order valence-electron chi connectivity index (χ3n) is 3.38. The molecule has 0 aliphatic carbocycles. The van der Waals surface area contributed by atoms with Crippen molar-refractivity contribution >= 4 is 23.7 Å². The van der Waals surface area contributed by atoms with Gasteiger partial charge in [0.1, 0.15) is 17.9 Å². The van der Waals surface area contributed by atoms with Crippen LogP contribution in [0.2, 0.25) is 0 Å². The van der Waals surface area contributed by atoms with Gasteiger partial charge >= 0.3 is 5.97 Å². The van der Waals surface area contributed by atoms with Crippen molar-refractivity contribution in [3.8, 4) is 0 Å². The number of nitrogens with two attached hydrogens (primary N) is 1. The molecule has 0 aliphatic rings. The van der Waals surface area contributed by atoms with Crippen molar-refractivity contribution in [2.24, 2.45) is 5.73 Å². The largest absolute Gasteiger partial charge is 0.481 e. The number of aliphatic carboxylic acids is 1. The second kappa shape index (κ2) is 9.36. The first-order chi connectivity index (χ1) is 11.7. The molecule has 1 aromatic carbocycles. The summed E-state index contributed by atoms with van der Waals surface area (Å²) in [5.41, 5.74) is 5.36. The van der Waals surface area contributed by atoms with Gasteiger partial charge in [-0.1, -0.05) is 18.2 Å². The smallest absolute Gasteiger partial charge is 0.303 e. The number of carbonyl (C=O) groups is 4. The van der Waals surface area contributed by atoms with E-state index in [1.807, 2.05) is 0 Å². The summed E-state index contributed by atoms with van der Waals surface area (Å²) in [6.45, 7) is 1.19. The summed E-state index contributed by atoms with van der Waals surface area (Å²) in [5, 5.41) is 13.3. The molecule has 1 aromatic rings. The molecule has 0 saturated heterocycles. The van der Waals surface area contributed by atoms with Crippen molar-refractivity contribution in [3.05, 3.63) is 35.6 Å². The number of nitrogens with one attached hydrogen (secondary N) is 2. The van der Waals surface area contributed by atoms with Crippen LogP contribution in [-0.4, -0.2) is 40.9 Å². The van der Waals surface area contributed by atoms with Crippen molar-refractivity contribution < 1.29 is 28.7 Å². The van der Waals surface area contributed by atoms with Gasteiger partial charge in [0.25, 0.3) is 0 Å². The first-order valence-corrected chi connectivity index (χ1v) is 7.52. The van der Waals surface area contributed by atoms with E-state index in [9.17, 15) is 23.6 Å². The third-order valence-corrected chi connectivity index (χ3v) is 3.38. The predicted octanol–water partition coefficient (Wildman–Crippen LogP) is -0.292. The summed E-state index contributed by atoms with van der Waals surface area (Å²) < 4.78 is 13.8. The summed E-state index contributed by atoms with van der Waals surface area (Å²) >= 11 is 0. The Kier molecular flexibility index (Phi) is 7.51. The fourth-order valence-corrected chi connectivity index (χ4v) is 2.16. The molecule has 8 nitrogen and oxygen atoms in total. The highest BCUT2D eigenvalue weighted by atomic mass is 19.1. The van der Waals surface area contributed by atoms with Crippen LogP contribution in [0.25, 0.3) is 0 Å². The molecule has 1 rings (SSSR count). The molecule has 0 heterocycles. The van der Waals surface area contributed by atoms with E-state index in [4.69, 9.17) is 10.8 Å². The Morgan fingerprint density at radius 2 is 1.80 bits per heavy atom. The number of rotatable bonds is 9. The van der Waals surface area contributed by atoms with E-state index in [2.05, 4.69) is 10.6 Å². The summed E-state index contributed by atoms with van der Waals surface area (Å²) in [5.74, 6) is -3.86. The van der Waals surface area contributed by atoms with Gasteiger partial charge in [0.05, 0.1) is 0 Å². The van der Waals surface area contributed by atoms with Crippen LogP contribution < -0.4 is 16.4 Å². The lowest BCUT2D eigenvalue weighted by atomic mass is 10.0. The van der Waals surface area contributed by atoms with Gasteiger partial charge in [-0.3, -0.25) is 19.2 Å². The molecule has 9 heteroatoms. The summed E-state index contributed by atoms with van der Waals surface area (Å²) in [6.07, 6.45) is -0.697. The molecule has 2 atom stereocenters. The number of halogens is 1. The maximum absolute atomic E-state index is 13.8. The van der Waals surface area contributed by atoms with E-state index in [1.165, 1.54) is 25.1 Å². The molecule has 0 unspecified atom stereocenters. The Hall–Kier alpha value is -2.97. The summed E-state index contributed by atoms with van der Waals surface area (Å²) in [4.78, 5) is 45.6.